The second-order valence-corrected chi connectivity index (χ2v) is 10.7. The maximum Gasteiger partial charge on any atom is 0.240 e. The van der Waals surface area contributed by atoms with Crippen LogP contribution in [0.15, 0.2) is 41.3 Å². The van der Waals surface area contributed by atoms with Gasteiger partial charge < -0.3 is 14.4 Å². The molecule has 1 atom stereocenters. The van der Waals surface area contributed by atoms with Crippen molar-refractivity contribution in [2.45, 2.75) is 43.0 Å². The first-order chi connectivity index (χ1) is 15.9. The first-order valence-electron chi connectivity index (χ1n) is 11.7. The largest absolute Gasteiger partial charge is 0.493 e. The van der Waals surface area contributed by atoms with E-state index in [0.717, 1.165) is 45.3 Å². The number of aryl methyl sites for hydroxylation is 1. The smallest absolute Gasteiger partial charge is 0.240 e. The first-order valence-corrected chi connectivity index (χ1v) is 13.2. The standard InChI is InChI=1S/C25H35N3O4S/c1-27-13-7-8-19-16-20(9-11-22(19)27)23(28-14-5-4-6-15-28)18-26-33(29,30)21-10-12-24(31-2)25(17-21)32-3/h9-12,16-17,23,26H,4-8,13-15,18H2,1-3H3/t23-/m1/s1. The molecule has 0 bridgehead atoms. The van der Waals surface area contributed by atoms with Gasteiger partial charge in [-0.25, -0.2) is 13.1 Å². The summed E-state index contributed by atoms with van der Waals surface area (Å²) < 4.78 is 39.7. The Bertz CT molecular complexity index is 1070. The van der Waals surface area contributed by atoms with Crippen LogP contribution in [-0.4, -0.2) is 60.8 Å². The van der Waals surface area contributed by atoms with Gasteiger partial charge in [-0.15, -0.1) is 0 Å². The minimum atomic E-state index is -3.71. The van der Waals surface area contributed by atoms with Crippen molar-refractivity contribution in [1.82, 2.24) is 9.62 Å². The van der Waals surface area contributed by atoms with Crippen LogP contribution in [0.5, 0.6) is 11.5 Å². The Morgan fingerprint density at radius 3 is 2.42 bits per heavy atom. The van der Waals surface area contributed by atoms with Gasteiger partial charge in [0.05, 0.1) is 19.1 Å². The third-order valence-electron chi connectivity index (χ3n) is 6.80. The van der Waals surface area contributed by atoms with E-state index in [1.165, 1.54) is 43.5 Å². The third-order valence-corrected chi connectivity index (χ3v) is 8.22. The van der Waals surface area contributed by atoms with Gasteiger partial charge in [0.2, 0.25) is 10.0 Å². The van der Waals surface area contributed by atoms with E-state index in [1.807, 2.05) is 0 Å². The third kappa shape index (κ3) is 5.28. The maximum atomic E-state index is 13.2. The molecule has 180 valence electrons. The number of rotatable bonds is 8. The van der Waals surface area contributed by atoms with Crippen molar-refractivity contribution in [3.63, 3.8) is 0 Å². The van der Waals surface area contributed by atoms with Crippen molar-refractivity contribution < 1.29 is 17.9 Å². The van der Waals surface area contributed by atoms with Gasteiger partial charge in [-0.1, -0.05) is 18.6 Å². The van der Waals surface area contributed by atoms with E-state index in [0.29, 0.717) is 18.0 Å². The van der Waals surface area contributed by atoms with Crippen LogP contribution < -0.4 is 19.1 Å². The van der Waals surface area contributed by atoms with Crippen molar-refractivity contribution in [3.05, 3.63) is 47.5 Å². The lowest BCUT2D eigenvalue weighted by Crippen LogP contribution is -2.40. The fraction of sp³-hybridized carbons (Fsp3) is 0.520. The molecule has 1 saturated heterocycles. The van der Waals surface area contributed by atoms with E-state index >= 15 is 0 Å². The van der Waals surface area contributed by atoms with Crippen molar-refractivity contribution in [2.75, 3.05) is 52.3 Å². The summed E-state index contributed by atoms with van der Waals surface area (Å²) in [6.45, 7) is 3.37. The van der Waals surface area contributed by atoms with Crippen molar-refractivity contribution in [1.29, 1.82) is 0 Å². The van der Waals surface area contributed by atoms with E-state index in [4.69, 9.17) is 9.47 Å². The molecule has 0 amide bonds. The summed E-state index contributed by atoms with van der Waals surface area (Å²) in [4.78, 5) is 4.90. The number of ether oxygens (including phenoxy) is 2. The molecule has 2 aliphatic heterocycles. The number of likely N-dealkylation sites (tertiary alicyclic amines) is 1. The Balaban J connectivity index is 1.59. The van der Waals surface area contributed by atoms with Crippen LogP contribution in [0.4, 0.5) is 5.69 Å². The normalized spacial score (nSPS) is 18.0. The molecule has 4 rings (SSSR count). The molecule has 2 heterocycles. The Labute approximate surface area is 197 Å². The highest BCUT2D eigenvalue weighted by molar-refractivity contribution is 7.89. The van der Waals surface area contributed by atoms with Crippen LogP contribution in [0.3, 0.4) is 0 Å². The van der Waals surface area contributed by atoms with Gasteiger partial charge in [-0.05, 0) is 68.1 Å². The molecular weight excluding hydrogens is 438 g/mol. The second-order valence-electron chi connectivity index (χ2n) is 8.89. The molecule has 8 heteroatoms. The quantitative estimate of drug-likeness (QED) is 0.632. The number of hydrogen-bond donors (Lipinski definition) is 1. The Kier molecular flexibility index (Phi) is 7.46. The highest BCUT2D eigenvalue weighted by atomic mass is 32.2. The predicted molar refractivity (Wildman–Crippen MR) is 131 cm³/mol. The number of hydrogen-bond acceptors (Lipinski definition) is 6. The van der Waals surface area contributed by atoms with Crippen LogP contribution in [0.1, 0.15) is 42.9 Å². The van der Waals surface area contributed by atoms with Gasteiger partial charge in [0.15, 0.2) is 11.5 Å². The summed E-state index contributed by atoms with van der Waals surface area (Å²) in [6.07, 6.45) is 5.74. The van der Waals surface area contributed by atoms with Gasteiger partial charge in [0.1, 0.15) is 0 Å². The molecule has 33 heavy (non-hydrogen) atoms. The number of methoxy groups -OCH3 is 2. The minimum Gasteiger partial charge on any atom is -0.493 e. The van der Waals surface area contributed by atoms with Gasteiger partial charge >= 0.3 is 0 Å². The summed E-state index contributed by atoms with van der Waals surface area (Å²) in [6, 6.07) is 11.3. The van der Waals surface area contributed by atoms with Crippen molar-refractivity contribution >= 4 is 15.7 Å². The Hall–Kier alpha value is -2.29. The maximum absolute atomic E-state index is 13.2. The lowest BCUT2D eigenvalue weighted by atomic mass is 9.95. The molecule has 0 aliphatic carbocycles. The molecule has 0 spiro atoms. The predicted octanol–water partition coefficient (Wildman–Crippen LogP) is 3.59. The summed E-state index contributed by atoms with van der Waals surface area (Å²) in [5.74, 6) is 0.897. The summed E-state index contributed by atoms with van der Waals surface area (Å²) in [5.41, 5.74) is 3.82. The molecule has 0 aromatic heterocycles. The number of piperidine rings is 1. The number of nitrogens with one attached hydrogen (secondary N) is 1. The minimum absolute atomic E-state index is 0.00208. The SMILES string of the molecule is COc1ccc(S(=O)(=O)NC[C@H](c2ccc3c(c2)CCCN3C)N2CCCCC2)cc1OC. The van der Waals surface area contributed by atoms with Gasteiger partial charge in [-0.3, -0.25) is 4.90 Å². The Morgan fingerprint density at radius 2 is 1.70 bits per heavy atom. The number of sulfonamides is 1. The first kappa shape index (κ1) is 23.9. The van der Waals surface area contributed by atoms with E-state index in [9.17, 15) is 8.42 Å². The van der Waals surface area contributed by atoms with E-state index in [-0.39, 0.29) is 10.9 Å². The number of anilines is 1. The lowest BCUT2D eigenvalue weighted by molar-refractivity contribution is 0.164. The highest BCUT2D eigenvalue weighted by Gasteiger charge is 2.26. The van der Waals surface area contributed by atoms with Gasteiger partial charge in [-0.2, -0.15) is 0 Å². The average molecular weight is 474 g/mol. The van der Waals surface area contributed by atoms with Crippen molar-refractivity contribution in [3.8, 4) is 11.5 Å². The zero-order valence-electron chi connectivity index (χ0n) is 19.8. The molecule has 7 nitrogen and oxygen atoms in total. The van der Waals surface area contributed by atoms with E-state index < -0.39 is 10.0 Å². The molecular formula is C25H35N3O4S. The molecule has 2 aliphatic rings. The summed E-state index contributed by atoms with van der Waals surface area (Å²) in [7, 11) is 1.46. The van der Waals surface area contributed by atoms with Gasteiger partial charge in [0, 0.05) is 37.9 Å². The number of benzene rings is 2. The summed E-state index contributed by atoms with van der Waals surface area (Å²) >= 11 is 0. The van der Waals surface area contributed by atoms with Crippen LogP contribution >= 0.6 is 0 Å². The zero-order valence-corrected chi connectivity index (χ0v) is 20.7. The monoisotopic (exact) mass is 473 g/mol. The number of fused-ring (bicyclic) bond motifs is 1. The fourth-order valence-corrected chi connectivity index (χ4v) is 6.01. The Morgan fingerprint density at radius 1 is 0.939 bits per heavy atom. The summed E-state index contributed by atoms with van der Waals surface area (Å²) in [5, 5.41) is 0. The lowest BCUT2D eigenvalue weighted by Gasteiger charge is -2.36. The highest BCUT2D eigenvalue weighted by Crippen LogP contribution is 2.33. The fourth-order valence-electron chi connectivity index (χ4n) is 4.96. The molecule has 0 unspecified atom stereocenters. The van der Waals surface area contributed by atoms with E-state index in [1.54, 1.807) is 12.1 Å². The molecule has 2 aromatic rings. The van der Waals surface area contributed by atoms with Crippen LogP contribution in [0, 0.1) is 0 Å². The average Bonchev–Trinajstić information content (AvgIpc) is 2.84. The molecule has 1 N–H and O–H groups in total. The molecule has 0 radical (unpaired) electrons. The second kappa shape index (κ2) is 10.3. The molecule has 0 saturated carbocycles. The van der Waals surface area contributed by atoms with E-state index in [2.05, 4.69) is 39.8 Å². The van der Waals surface area contributed by atoms with Crippen molar-refractivity contribution in [2.24, 2.45) is 0 Å². The molecule has 1 fully saturated rings. The van der Waals surface area contributed by atoms with Crippen LogP contribution in [-0.2, 0) is 16.4 Å². The molecule has 2 aromatic carbocycles. The topological polar surface area (TPSA) is 71.1 Å². The number of nitrogens with zero attached hydrogens (tertiary/aromatic N) is 2. The zero-order chi connectivity index (χ0) is 23.4. The van der Waals surface area contributed by atoms with Crippen LogP contribution in [0.2, 0.25) is 0 Å². The van der Waals surface area contributed by atoms with Gasteiger partial charge in [0.25, 0.3) is 0 Å². The van der Waals surface area contributed by atoms with Crippen LogP contribution in [0.25, 0.3) is 0 Å².